The summed E-state index contributed by atoms with van der Waals surface area (Å²) in [5.41, 5.74) is 3.00. The van der Waals surface area contributed by atoms with Gasteiger partial charge in [-0.3, -0.25) is 14.9 Å². The van der Waals surface area contributed by atoms with Crippen molar-refractivity contribution in [1.82, 2.24) is 4.98 Å². The number of halogens is 1. The van der Waals surface area contributed by atoms with Gasteiger partial charge in [-0.2, -0.15) is 0 Å². The van der Waals surface area contributed by atoms with Crippen molar-refractivity contribution in [3.63, 3.8) is 0 Å². The lowest BCUT2D eigenvalue weighted by atomic mass is 9.78. The highest BCUT2D eigenvalue weighted by Crippen LogP contribution is 2.43. The number of para-hydroxylation sites is 1. The van der Waals surface area contributed by atoms with E-state index in [1.807, 2.05) is 37.3 Å². The van der Waals surface area contributed by atoms with Gasteiger partial charge in [-0.1, -0.05) is 24.3 Å². The number of hydrogen-bond acceptors (Lipinski definition) is 3. The zero-order valence-corrected chi connectivity index (χ0v) is 15.4. The average Bonchev–Trinajstić information content (AvgIpc) is 2.99. The number of aromatic amines is 1. The number of carbonyl (C=O) groups excluding carboxylic acids is 1. The number of nitro groups is 1. The van der Waals surface area contributed by atoms with E-state index in [1.54, 1.807) is 0 Å². The number of benzene rings is 2. The van der Waals surface area contributed by atoms with Crippen molar-refractivity contribution in [2.75, 3.05) is 0 Å². The molecule has 0 saturated carbocycles. The Hall–Kier alpha value is -3.28. The Kier molecular flexibility index (Phi) is 4.55. The lowest BCUT2D eigenvalue weighted by Crippen LogP contribution is -2.18. The Labute approximate surface area is 161 Å². The minimum atomic E-state index is -0.694. The molecular weight excluding hydrogens is 359 g/mol. The van der Waals surface area contributed by atoms with E-state index in [0.29, 0.717) is 12.0 Å². The third-order valence-electron chi connectivity index (χ3n) is 5.33. The number of carbonyl (C=O) groups is 1. The summed E-state index contributed by atoms with van der Waals surface area (Å²) in [5.74, 6) is -1.30. The van der Waals surface area contributed by atoms with Gasteiger partial charge in [0.1, 0.15) is 5.82 Å². The van der Waals surface area contributed by atoms with Crippen LogP contribution >= 0.6 is 0 Å². The number of ketones is 1. The normalized spacial score (nSPS) is 15.5. The van der Waals surface area contributed by atoms with Gasteiger partial charge in [-0.05, 0) is 43.5 Å². The number of fused-ring (bicyclic) bond motifs is 1. The summed E-state index contributed by atoms with van der Waals surface area (Å²) < 4.78 is 14.2. The molecule has 0 fully saturated rings. The summed E-state index contributed by atoms with van der Waals surface area (Å²) >= 11 is 0. The quantitative estimate of drug-likeness (QED) is 0.492. The first-order chi connectivity index (χ1) is 13.5. The van der Waals surface area contributed by atoms with Gasteiger partial charge in [0.05, 0.1) is 4.92 Å². The lowest BCUT2D eigenvalue weighted by molar-refractivity contribution is -0.385. The summed E-state index contributed by atoms with van der Waals surface area (Å²) in [5, 5.41) is 12.6. The number of aromatic nitrogens is 1. The minimum absolute atomic E-state index is 0.0421. The maximum Gasteiger partial charge on any atom is 0.273 e. The predicted octanol–water partition coefficient (Wildman–Crippen LogP) is 5.33. The van der Waals surface area contributed by atoms with E-state index < -0.39 is 16.7 Å². The average molecular weight is 378 g/mol. The molecular formula is C22H19FN2O3. The second-order valence-corrected chi connectivity index (χ2v) is 7.08. The van der Waals surface area contributed by atoms with E-state index in [9.17, 15) is 19.3 Å². The molecule has 0 saturated heterocycles. The summed E-state index contributed by atoms with van der Waals surface area (Å²) in [4.78, 5) is 27.2. The number of nitro benzene ring substituents is 1. The maximum atomic E-state index is 14.2. The zero-order valence-electron chi connectivity index (χ0n) is 15.4. The molecule has 142 valence electrons. The summed E-state index contributed by atoms with van der Waals surface area (Å²) in [6, 6.07) is 11.1. The van der Waals surface area contributed by atoms with E-state index in [1.165, 1.54) is 12.1 Å². The Balaban J connectivity index is 2.06. The molecule has 0 amide bonds. The highest BCUT2D eigenvalue weighted by Gasteiger charge is 2.34. The molecule has 5 nitrogen and oxygen atoms in total. The number of hydrogen-bond donors (Lipinski definition) is 1. The Morgan fingerprint density at radius 3 is 2.75 bits per heavy atom. The monoisotopic (exact) mass is 378 g/mol. The smallest absolute Gasteiger partial charge is 0.273 e. The number of allylic oxidation sites excluding steroid dienone is 2. The van der Waals surface area contributed by atoms with Gasteiger partial charge in [0.15, 0.2) is 5.78 Å². The molecule has 3 aromatic rings. The van der Waals surface area contributed by atoms with Crippen molar-refractivity contribution in [2.45, 2.75) is 32.1 Å². The summed E-state index contributed by atoms with van der Waals surface area (Å²) in [7, 11) is 0. The van der Waals surface area contributed by atoms with Crippen molar-refractivity contribution in [2.24, 2.45) is 0 Å². The van der Waals surface area contributed by atoms with Crippen molar-refractivity contribution in [3.05, 3.63) is 86.9 Å². The zero-order chi connectivity index (χ0) is 19.8. The predicted molar refractivity (Wildman–Crippen MR) is 105 cm³/mol. The van der Waals surface area contributed by atoms with E-state index in [2.05, 4.69) is 4.98 Å². The third kappa shape index (κ3) is 3.01. The maximum absolute atomic E-state index is 14.2. The van der Waals surface area contributed by atoms with Crippen LogP contribution in [0.2, 0.25) is 0 Å². The highest BCUT2D eigenvalue weighted by molar-refractivity contribution is 6.00. The lowest BCUT2D eigenvalue weighted by Gasteiger charge is -2.23. The molecule has 1 atom stereocenters. The van der Waals surface area contributed by atoms with E-state index in [-0.39, 0.29) is 17.0 Å². The fourth-order valence-electron chi connectivity index (χ4n) is 4.13. The standard InChI is InChI=1S/C22H19FN2O3/c1-13-21(15-6-2-4-8-18(15)24-13)22(16-7-3-5-9-20(16)26)17-12-14(23)10-11-19(17)25(27)28/h2,4,6-8,10-12,22,24H,3,5,9H2,1H3. The van der Waals surface area contributed by atoms with Crippen LogP contribution in [0.3, 0.4) is 0 Å². The molecule has 0 aliphatic heterocycles. The van der Waals surface area contributed by atoms with Gasteiger partial charge in [0.2, 0.25) is 0 Å². The molecule has 0 bridgehead atoms. The van der Waals surface area contributed by atoms with E-state index in [0.717, 1.165) is 41.1 Å². The van der Waals surface area contributed by atoms with Gasteiger partial charge in [-0.25, -0.2) is 4.39 Å². The van der Waals surface area contributed by atoms with Crippen LogP contribution in [0.25, 0.3) is 10.9 Å². The van der Waals surface area contributed by atoms with Gasteiger partial charge < -0.3 is 4.98 Å². The number of aryl methyl sites for hydroxylation is 1. The van der Waals surface area contributed by atoms with E-state index >= 15 is 0 Å². The third-order valence-corrected chi connectivity index (χ3v) is 5.33. The molecule has 1 heterocycles. The fourth-order valence-corrected chi connectivity index (χ4v) is 4.13. The number of H-pyrrole nitrogens is 1. The molecule has 0 radical (unpaired) electrons. The number of nitrogens with one attached hydrogen (secondary N) is 1. The van der Waals surface area contributed by atoms with Crippen LogP contribution in [0.4, 0.5) is 10.1 Å². The molecule has 1 N–H and O–H groups in total. The van der Waals surface area contributed by atoms with Gasteiger partial charge >= 0.3 is 0 Å². The first-order valence-electron chi connectivity index (χ1n) is 9.21. The van der Waals surface area contributed by atoms with E-state index in [4.69, 9.17) is 0 Å². The number of Topliss-reactive ketones (excluding diaryl/α,β-unsaturated/α-hetero) is 1. The minimum Gasteiger partial charge on any atom is -0.358 e. The van der Waals surface area contributed by atoms with Crippen LogP contribution in [-0.4, -0.2) is 15.7 Å². The van der Waals surface area contributed by atoms with Crippen molar-refractivity contribution in [3.8, 4) is 0 Å². The van der Waals surface area contributed by atoms with Crippen LogP contribution in [0.15, 0.2) is 54.1 Å². The molecule has 1 aliphatic rings. The van der Waals surface area contributed by atoms with Crippen LogP contribution in [0, 0.1) is 22.9 Å². The first-order valence-corrected chi connectivity index (χ1v) is 9.21. The fraction of sp³-hybridized carbons (Fsp3) is 0.227. The van der Waals surface area contributed by atoms with Gasteiger partial charge in [-0.15, -0.1) is 0 Å². The Bertz CT molecular complexity index is 1130. The topological polar surface area (TPSA) is 76.0 Å². The SMILES string of the molecule is Cc1[nH]c2ccccc2c1C(C1=CCCCC1=O)c1cc(F)ccc1[N+](=O)[O-]. The van der Waals surface area contributed by atoms with Crippen molar-refractivity contribution >= 4 is 22.4 Å². The van der Waals surface area contributed by atoms with Gasteiger partial charge in [0.25, 0.3) is 5.69 Å². The highest BCUT2D eigenvalue weighted by atomic mass is 19.1. The summed E-state index contributed by atoms with van der Waals surface area (Å²) in [6.07, 6.45) is 3.73. The molecule has 6 heteroatoms. The van der Waals surface area contributed by atoms with Crippen LogP contribution in [0.5, 0.6) is 0 Å². The molecule has 0 spiro atoms. The molecule has 1 aromatic heterocycles. The molecule has 1 aliphatic carbocycles. The second-order valence-electron chi connectivity index (χ2n) is 7.08. The van der Waals surface area contributed by atoms with Crippen LogP contribution in [0.1, 0.15) is 42.0 Å². The van der Waals surface area contributed by atoms with Crippen LogP contribution < -0.4 is 0 Å². The number of rotatable bonds is 4. The summed E-state index contributed by atoms with van der Waals surface area (Å²) in [6.45, 7) is 1.88. The number of nitrogens with zero attached hydrogens (tertiary/aromatic N) is 1. The van der Waals surface area contributed by atoms with Crippen LogP contribution in [-0.2, 0) is 4.79 Å². The van der Waals surface area contributed by atoms with Crippen molar-refractivity contribution in [1.29, 1.82) is 0 Å². The largest absolute Gasteiger partial charge is 0.358 e. The molecule has 2 aromatic carbocycles. The Morgan fingerprint density at radius 2 is 2.00 bits per heavy atom. The Morgan fingerprint density at radius 1 is 1.21 bits per heavy atom. The van der Waals surface area contributed by atoms with Gasteiger partial charge in [0, 0.05) is 46.1 Å². The molecule has 1 unspecified atom stereocenters. The molecule has 4 rings (SSSR count). The second kappa shape index (κ2) is 7.03. The molecule has 28 heavy (non-hydrogen) atoms. The van der Waals surface area contributed by atoms with Crippen molar-refractivity contribution < 1.29 is 14.1 Å². The first kappa shape index (κ1) is 18.1.